The van der Waals surface area contributed by atoms with Crippen molar-refractivity contribution in [2.45, 2.75) is 33.3 Å². The van der Waals surface area contributed by atoms with Crippen LogP contribution in [-0.2, 0) is 9.59 Å². The average molecular weight is 371 g/mol. The molecule has 2 aromatic rings. The second kappa shape index (κ2) is 8.79. The number of ether oxygens (including phenoxy) is 1. The Bertz CT molecular complexity index is 866. The highest BCUT2D eigenvalue weighted by molar-refractivity contribution is 5.96. The summed E-state index contributed by atoms with van der Waals surface area (Å²) in [6, 6.07) is 11.0. The summed E-state index contributed by atoms with van der Waals surface area (Å²) in [5, 5.41) is 16.5. The first-order valence-electron chi connectivity index (χ1n) is 8.43. The number of anilines is 2. The van der Waals surface area contributed by atoms with Crippen LogP contribution in [0, 0.1) is 17.0 Å². The lowest BCUT2D eigenvalue weighted by molar-refractivity contribution is -0.386. The van der Waals surface area contributed by atoms with Crippen molar-refractivity contribution in [3.63, 3.8) is 0 Å². The predicted octanol–water partition coefficient (Wildman–Crippen LogP) is 3.66. The van der Waals surface area contributed by atoms with E-state index in [1.165, 1.54) is 25.1 Å². The van der Waals surface area contributed by atoms with Crippen molar-refractivity contribution < 1.29 is 19.2 Å². The molecule has 1 unspecified atom stereocenters. The minimum absolute atomic E-state index is 0.0185. The van der Waals surface area contributed by atoms with E-state index in [-0.39, 0.29) is 17.3 Å². The summed E-state index contributed by atoms with van der Waals surface area (Å²) in [5.41, 5.74) is 1.73. The summed E-state index contributed by atoms with van der Waals surface area (Å²) in [6.45, 7) is 5.09. The van der Waals surface area contributed by atoms with Gasteiger partial charge < -0.3 is 15.4 Å². The van der Waals surface area contributed by atoms with Gasteiger partial charge in [0.25, 0.3) is 5.91 Å². The van der Waals surface area contributed by atoms with Crippen LogP contribution >= 0.6 is 0 Å². The lowest BCUT2D eigenvalue weighted by Gasteiger charge is -2.16. The van der Waals surface area contributed by atoms with Gasteiger partial charge in [0, 0.05) is 23.9 Å². The standard InChI is InChI=1S/C19H21N3O5/c1-4-18(23)21-15-11-14(10-9-12(15)2)20-19(24)13(3)27-17-8-6-5-7-16(17)22(25)26/h5-11,13H,4H2,1-3H3,(H,20,24)(H,21,23). The molecule has 0 heterocycles. The lowest BCUT2D eigenvalue weighted by Crippen LogP contribution is -2.30. The largest absolute Gasteiger partial charge is 0.474 e. The van der Waals surface area contributed by atoms with E-state index in [2.05, 4.69) is 10.6 Å². The second-order valence-corrected chi connectivity index (χ2v) is 5.91. The normalized spacial score (nSPS) is 11.4. The number of para-hydroxylation sites is 2. The highest BCUT2D eigenvalue weighted by atomic mass is 16.6. The number of hydrogen-bond donors (Lipinski definition) is 2. The van der Waals surface area contributed by atoms with E-state index >= 15 is 0 Å². The zero-order valence-electron chi connectivity index (χ0n) is 15.3. The van der Waals surface area contributed by atoms with Gasteiger partial charge in [0.15, 0.2) is 11.9 Å². The number of amides is 2. The third-order valence-corrected chi connectivity index (χ3v) is 3.84. The predicted molar refractivity (Wildman–Crippen MR) is 102 cm³/mol. The molecule has 8 nitrogen and oxygen atoms in total. The molecule has 0 saturated heterocycles. The van der Waals surface area contributed by atoms with Crippen LogP contribution in [0.4, 0.5) is 17.1 Å². The number of aryl methyl sites for hydroxylation is 1. The molecule has 8 heteroatoms. The van der Waals surface area contributed by atoms with Gasteiger partial charge in [-0.05, 0) is 37.6 Å². The molecule has 2 N–H and O–H groups in total. The summed E-state index contributed by atoms with van der Waals surface area (Å²) < 4.78 is 5.45. The van der Waals surface area contributed by atoms with Crippen LogP contribution in [-0.4, -0.2) is 22.8 Å². The summed E-state index contributed by atoms with van der Waals surface area (Å²) in [5.74, 6) is -0.579. The molecular formula is C19H21N3O5. The Morgan fingerprint density at radius 1 is 1.19 bits per heavy atom. The van der Waals surface area contributed by atoms with E-state index in [1.54, 1.807) is 31.2 Å². The van der Waals surface area contributed by atoms with E-state index in [1.807, 2.05) is 6.92 Å². The van der Waals surface area contributed by atoms with Gasteiger partial charge in [0.05, 0.1) is 4.92 Å². The number of carbonyl (C=O) groups excluding carboxylic acids is 2. The molecule has 2 rings (SSSR count). The van der Waals surface area contributed by atoms with E-state index in [9.17, 15) is 19.7 Å². The van der Waals surface area contributed by atoms with Crippen LogP contribution in [0.5, 0.6) is 5.75 Å². The number of nitrogens with zero attached hydrogens (tertiary/aromatic N) is 1. The maximum absolute atomic E-state index is 12.4. The molecule has 1 atom stereocenters. The maximum atomic E-state index is 12.4. The average Bonchev–Trinajstić information content (AvgIpc) is 2.64. The van der Waals surface area contributed by atoms with Crippen molar-refractivity contribution in [2.75, 3.05) is 10.6 Å². The van der Waals surface area contributed by atoms with Gasteiger partial charge in [-0.1, -0.05) is 25.1 Å². The zero-order valence-corrected chi connectivity index (χ0v) is 15.3. The van der Waals surface area contributed by atoms with Gasteiger partial charge in [-0.15, -0.1) is 0 Å². The minimum Gasteiger partial charge on any atom is -0.474 e. The molecule has 0 aliphatic rings. The molecule has 2 aromatic carbocycles. The first-order valence-corrected chi connectivity index (χ1v) is 8.43. The van der Waals surface area contributed by atoms with Crippen molar-refractivity contribution in [1.29, 1.82) is 0 Å². The van der Waals surface area contributed by atoms with Crippen LogP contribution in [0.3, 0.4) is 0 Å². The highest BCUT2D eigenvalue weighted by Crippen LogP contribution is 2.27. The fraction of sp³-hybridized carbons (Fsp3) is 0.263. The molecule has 142 valence electrons. The molecule has 0 radical (unpaired) electrons. The van der Waals surface area contributed by atoms with Crippen LogP contribution in [0.15, 0.2) is 42.5 Å². The van der Waals surface area contributed by atoms with Crippen molar-refractivity contribution in [1.82, 2.24) is 0 Å². The summed E-state index contributed by atoms with van der Waals surface area (Å²) >= 11 is 0. The first kappa shape index (κ1) is 19.9. The molecule has 0 aliphatic heterocycles. The lowest BCUT2D eigenvalue weighted by atomic mass is 10.1. The van der Waals surface area contributed by atoms with Gasteiger partial charge in [0.1, 0.15) is 0 Å². The molecule has 0 saturated carbocycles. The highest BCUT2D eigenvalue weighted by Gasteiger charge is 2.21. The third-order valence-electron chi connectivity index (χ3n) is 3.84. The number of nitro benzene ring substituents is 1. The number of carbonyl (C=O) groups is 2. The minimum atomic E-state index is -0.957. The number of nitro groups is 1. The van der Waals surface area contributed by atoms with Crippen LogP contribution in [0.1, 0.15) is 25.8 Å². The molecule has 2 amide bonds. The van der Waals surface area contributed by atoms with Gasteiger partial charge in [-0.25, -0.2) is 0 Å². The molecule has 0 aliphatic carbocycles. The van der Waals surface area contributed by atoms with Gasteiger partial charge in [0.2, 0.25) is 5.91 Å². The Morgan fingerprint density at radius 3 is 2.56 bits per heavy atom. The molecular weight excluding hydrogens is 350 g/mol. The Balaban J connectivity index is 2.10. The van der Waals surface area contributed by atoms with E-state index < -0.39 is 16.9 Å². The van der Waals surface area contributed by atoms with Crippen LogP contribution in [0.25, 0.3) is 0 Å². The Kier molecular flexibility index (Phi) is 6.48. The van der Waals surface area contributed by atoms with Crippen LogP contribution in [0.2, 0.25) is 0 Å². The quantitative estimate of drug-likeness (QED) is 0.570. The third kappa shape index (κ3) is 5.27. The summed E-state index contributed by atoms with van der Waals surface area (Å²) in [4.78, 5) is 34.4. The summed E-state index contributed by atoms with van der Waals surface area (Å²) in [6.07, 6.45) is -0.613. The molecule has 0 fully saturated rings. The Morgan fingerprint density at radius 2 is 1.89 bits per heavy atom. The SMILES string of the molecule is CCC(=O)Nc1cc(NC(=O)C(C)Oc2ccccc2[N+](=O)[O-])ccc1C. The smallest absolute Gasteiger partial charge is 0.310 e. The fourth-order valence-corrected chi connectivity index (χ4v) is 2.27. The first-order chi connectivity index (χ1) is 12.8. The van der Waals surface area contributed by atoms with Crippen molar-refractivity contribution in [3.05, 3.63) is 58.1 Å². The number of rotatable bonds is 7. The Hall–Kier alpha value is -3.42. The van der Waals surface area contributed by atoms with E-state index in [0.717, 1.165) is 5.56 Å². The zero-order chi connectivity index (χ0) is 20.0. The van der Waals surface area contributed by atoms with Gasteiger partial charge in [-0.2, -0.15) is 0 Å². The topological polar surface area (TPSA) is 111 Å². The second-order valence-electron chi connectivity index (χ2n) is 5.91. The fourth-order valence-electron chi connectivity index (χ4n) is 2.27. The van der Waals surface area contributed by atoms with Gasteiger partial charge in [-0.3, -0.25) is 19.7 Å². The number of nitrogens with one attached hydrogen (secondary N) is 2. The van der Waals surface area contributed by atoms with Crippen molar-refractivity contribution in [2.24, 2.45) is 0 Å². The van der Waals surface area contributed by atoms with Crippen molar-refractivity contribution >= 4 is 28.9 Å². The summed E-state index contributed by atoms with van der Waals surface area (Å²) in [7, 11) is 0. The van der Waals surface area contributed by atoms with E-state index in [4.69, 9.17) is 4.74 Å². The number of benzene rings is 2. The van der Waals surface area contributed by atoms with Crippen LogP contribution < -0.4 is 15.4 Å². The van der Waals surface area contributed by atoms with Crippen molar-refractivity contribution in [3.8, 4) is 5.75 Å². The Labute approximate surface area is 156 Å². The number of hydrogen-bond acceptors (Lipinski definition) is 5. The maximum Gasteiger partial charge on any atom is 0.310 e. The monoisotopic (exact) mass is 371 g/mol. The molecule has 27 heavy (non-hydrogen) atoms. The molecule has 0 aromatic heterocycles. The van der Waals surface area contributed by atoms with E-state index in [0.29, 0.717) is 17.8 Å². The molecule has 0 spiro atoms. The van der Waals surface area contributed by atoms with Gasteiger partial charge >= 0.3 is 5.69 Å². The molecule has 0 bridgehead atoms.